The number of carbonyl (C=O) groups excluding carboxylic acids is 1. The summed E-state index contributed by atoms with van der Waals surface area (Å²) in [4.78, 5) is 12.7. The molecule has 3 rings (SSSR count). The molecule has 0 aliphatic heterocycles. The molecule has 3 heteroatoms. The number of halogens is 1. The highest BCUT2D eigenvalue weighted by atomic mass is 127. The quantitative estimate of drug-likeness (QED) is 0.590. The maximum absolute atomic E-state index is 12.7. The van der Waals surface area contributed by atoms with Crippen LogP contribution in [0.5, 0.6) is 0 Å². The van der Waals surface area contributed by atoms with Gasteiger partial charge in [0.15, 0.2) is 0 Å². The minimum atomic E-state index is -0.0688. The van der Waals surface area contributed by atoms with Crippen LogP contribution in [0.1, 0.15) is 21.5 Å². The molecule has 2 nitrogen and oxygen atoms in total. The SMILES string of the molecule is O=C(Nc1ccccc1I)c1ccccc1Cc1ccccc1. The van der Waals surface area contributed by atoms with Crippen LogP contribution in [0, 0.1) is 3.57 Å². The summed E-state index contributed by atoms with van der Waals surface area (Å²) in [6, 6.07) is 25.7. The van der Waals surface area contributed by atoms with Crippen molar-refractivity contribution in [1.29, 1.82) is 0 Å². The molecule has 1 N–H and O–H groups in total. The summed E-state index contributed by atoms with van der Waals surface area (Å²) in [5.41, 5.74) is 3.79. The molecule has 3 aromatic carbocycles. The Labute approximate surface area is 149 Å². The van der Waals surface area contributed by atoms with Crippen LogP contribution in [0.2, 0.25) is 0 Å². The van der Waals surface area contributed by atoms with E-state index in [1.165, 1.54) is 5.56 Å². The Balaban J connectivity index is 1.85. The summed E-state index contributed by atoms with van der Waals surface area (Å²) < 4.78 is 1.03. The molecule has 0 spiro atoms. The highest BCUT2D eigenvalue weighted by Gasteiger charge is 2.12. The lowest BCUT2D eigenvalue weighted by Crippen LogP contribution is -2.15. The minimum absolute atomic E-state index is 0.0688. The van der Waals surface area contributed by atoms with E-state index in [4.69, 9.17) is 0 Å². The van der Waals surface area contributed by atoms with Gasteiger partial charge >= 0.3 is 0 Å². The Morgan fingerprint density at radius 2 is 1.48 bits per heavy atom. The number of carbonyl (C=O) groups is 1. The molecule has 0 radical (unpaired) electrons. The predicted octanol–water partition coefficient (Wildman–Crippen LogP) is 5.13. The molecule has 0 unspecified atom stereocenters. The molecule has 1 amide bonds. The second-order valence-corrected chi connectivity index (χ2v) is 6.42. The summed E-state index contributed by atoms with van der Waals surface area (Å²) in [5.74, 6) is -0.0688. The number of para-hydroxylation sites is 1. The van der Waals surface area contributed by atoms with Crippen molar-refractivity contribution in [3.63, 3.8) is 0 Å². The van der Waals surface area contributed by atoms with Crippen molar-refractivity contribution >= 4 is 34.2 Å². The van der Waals surface area contributed by atoms with Crippen LogP contribution in [0.25, 0.3) is 0 Å². The van der Waals surface area contributed by atoms with Crippen LogP contribution in [0.4, 0.5) is 5.69 Å². The van der Waals surface area contributed by atoms with E-state index in [-0.39, 0.29) is 5.91 Å². The number of benzene rings is 3. The van der Waals surface area contributed by atoms with Crippen LogP contribution in [0.15, 0.2) is 78.9 Å². The first-order chi connectivity index (χ1) is 11.2. The number of hydrogen-bond acceptors (Lipinski definition) is 1. The van der Waals surface area contributed by atoms with Crippen molar-refractivity contribution in [3.05, 3.63) is 99.1 Å². The first-order valence-corrected chi connectivity index (χ1v) is 8.49. The van der Waals surface area contributed by atoms with Crippen molar-refractivity contribution in [1.82, 2.24) is 0 Å². The maximum Gasteiger partial charge on any atom is 0.255 e. The van der Waals surface area contributed by atoms with E-state index < -0.39 is 0 Å². The van der Waals surface area contributed by atoms with Gasteiger partial charge in [-0.05, 0) is 58.3 Å². The first-order valence-electron chi connectivity index (χ1n) is 7.42. The molecule has 0 aliphatic carbocycles. The first kappa shape index (κ1) is 15.7. The Kier molecular flexibility index (Phi) is 5.08. The number of hydrogen-bond donors (Lipinski definition) is 1. The number of nitrogens with one attached hydrogen (secondary N) is 1. The van der Waals surface area contributed by atoms with E-state index in [9.17, 15) is 4.79 Å². The molecule has 114 valence electrons. The lowest BCUT2D eigenvalue weighted by atomic mass is 9.99. The molecule has 0 atom stereocenters. The van der Waals surface area contributed by atoms with E-state index in [1.54, 1.807) is 0 Å². The van der Waals surface area contributed by atoms with Gasteiger partial charge in [0.2, 0.25) is 0 Å². The van der Waals surface area contributed by atoms with E-state index >= 15 is 0 Å². The Hall–Kier alpha value is -2.14. The van der Waals surface area contributed by atoms with Crippen LogP contribution in [-0.4, -0.2) is 5.91 Å². The molecular weight excluding hydrogens is 397 g/mol. The minimum Gasteiger partial charge on any atom is -0.321 e. The second kappa shape index (κ2) is 7.42. The highest BCUT2D eigenvalue weighted by molar-refractivity contribution is 14.1. The van der Waals surface area contributed by atoms with Gasteiger partial charge in [-0.3, -0.25) is 4.79 Å². The van der Waals surface area contributed by atoms with E-state index in [1.807, 2.05) is 66.7 Å². The van der Waals surface area contributed by atoms with Crippen molar-refractivity contribution in [2.75, 3.05) is 5.32 Å². The number of anilines is 1. The van der Waals surface area contributed by atoms with Crippen LogP contribution < -0.4 is 5.32 Å². The fourth-order valence-electron chi connectivity index (χ4n) is 2.46. The third kappa shape index (κ3) is 3.99. The molecule has 0 bridgehead atoms. The van der Waals surface area contributed by atoms with Gasteiger partial charge in [-0.1, -0.05) is 60.7 Å². The monoisotopic (exact) mass is 413 g/mol. The van der Waals surface area contributed by atoms with Crippen molar-refractivity contribution in [2.45, 2.75) is 6.42 Å². The average molecular weight is 413 g/mol. The van der Waals surface area contributed by atoms with Gasteiger partial charge in [0.25, 0.3) is 5.91 Å². The second-order valence-electron chi connectivity index (χ2n) is 5.25. The molecular formula is C20H16INO. The molecule has 0 heterocycles. The van der Waals surface area contributed by atoms with Gasteiger partial charge in [0, 0.05) is 9.13 Å². The van der Waals surface area contributed by atoms with Crippen LogP contribution >= 0.6 is 22.6 Å². The number of rotatable bonds is 4. The molecule has 0 saturated heterocycles. The summed E-state index contributed by atoms with van der Waals surface area (Å²) in [6.45, 7) is 0. The summed E-state index contributed by atoms with van der Waals surface area (Å²) >= 11 is 2.23. The standard InChI is InChI=1S/C20H16INO/c21-18-12-6-7-13-19(18)22-20(23)17-11-5-4-10-16(17)14-15-8-2-1-3-9-15/h1-13H,14H2,(H,22,23). The largest absolute Gasteiger partial charge is 0.321 e. The van der Waals surface area contributed by atoms with Gasteiger partial charge in [-0.2, -0.15) is 0 Å². The van der Waals surface area contributed by atoms with Crippen LogP contribution in [0.3, 0.4) is 0 Å². The van der Waals surface area contributed by atoms with E-state index in [0.717, 1.165) is 26.8 Å². The zero-order valence-electron chi connectivity index (χ0n) is 12.5. The normalized spacial score (nSPS) is 10.3. The molecule has 0 aromatic heterocycles. The third-order valence-electron chi connectivity index (χ3n) is 3.62. The van der Waals surface area contributed by atoms with Crippen molar-refractivity contribution in [3.8, 4) is 0 Å². The van der Waals surface area contributed by atoms with Crippen molar-refractivity contribution < 1.29 is 4.79 Å². The molecule has 0 fully saturated rings. The van der Waals surface area contributed by atoms with Gasteiger partial charge < -0.3 is 5.32 Å². The smallest absolute Gasteiger partial charge is 0.255 e. The molecule has 0 saturated carbocycles. The van der Waals surface area contributed by atoms with E-state index in [0.29, 0.717) is 0 Å². The zero-order valence-corrected chi connectivity index (χ0v) is 14.7. The lowest BCUT2D eigenvalue weighted by Gasteiger charge is -2.11. The Morgan fingerprint density at radius 1 is 0.826 bits per heavy atom. The highest BCUT2D eigenvalue weighted by Crippen LogP contribution is 2.20. The maximum atomic E-state index is 12.7. The summed E-state index contributed by atoms with van der Waals surface area (Å²) in [7, 11) is 0. The van der Waals surface area contributed by atoms with Crippen LogP contribution in [-0.2, 0) is 6.42 Å². The fourth-order valence-corrected chi connectivity index (χ4v) is 2.99. The number of amides is 1. The average Bonchev–Trinajstić information content (AvgIpc) is 2.58. The summed E-state index contributed by atoms with van der Waals surface area (Å²) in [6.07, 6.45) is 0.746. The summed E-state index contributed by atoms with van der Waals surface area (Å²) in [5, 5.41) is 3.01. The Morgan fingerprint density at radius 3 is 2.26 bits per heavy atom. The predicted molar refractivity (Wildman–Crippen MR) is 103 cm³/mol. The van der Waals surface area contributed by atoms with E-state index in [2.05, 4.69) is 40.0 Å². The topological polar surface area (TPSA) is 29.1 Å². The van der Waals surface area contributed by atoms with Crippen molar-refractivity contribution in [2.24, 2.45) is 0 Å². The zero-order chi connectivity index (χ0) is 16.1. The van der Waals surface area contributed by atoms with Gasteiger partial charge in [0.1, 0.15) is 0 Å². The van der Waals surface area contributed by atoms with Gasteiger partial charge in [-0.25, -0.2) is 0 Å². The third-order valence-corrected chi connectivity index (χ3v) is 4.56. The fraction of sp³-hybridized carbons (Fsp3) is 0.0500. The Bertz CT molecular complexity index is 815. The lowest BCUT2D eigenvalue weighted by molar-refractivity contribution is 0.102. The molecule has 3 aromatic rings. The van der Waals surface area contributed by atoms with Gasteiger partial charge in [0.05, 0.1) is 5.69 Å². The molecule has 0 aliphatic rings. The van der Waals surface area contributed by atoms with Gasteiger partial charge in [-0.15, -0.1) is 0 Å². The molecule has 23 heavy (non-hydrogen) atoms.